The van der Waals surface area contributed by atoms with Crippen molar-refractivity contribution in [1.82, 2.24) is 20.5 Å². The van der Waals surface area contributed by atoms with Crippen LogP contribution in [0.3, 0.4) is 0 Å². The van der Waals surface area contributed by atoms with Crippen molar-refractivity contribution in [2.75, 3.05) is 26.2 Å². The quantitative estimate of drug-likeness (QED) is 0.768. The van der Waals surface area contributed by atoms with E-state index in [9.17, 15) is 9.59 Å². The fraction of sp³-hybridized carbons (Fsp3) is 0.600. The highest BCUT2D eigenvalue weighted by atomic mass is 16.2. The van der Waals surface area contributed by atoms with Gasteiger partial charge in [-0.3, -0.25) is 9.59 Å². The van der Waals surface area contributed by atoms with E-state index >= 15 is 0 Å². The van der Waals surface area contributed by atoms with Gasteiger partial charge in [0, 0.05) is 31.9 Å². The minimum Gasteiger partial charge on any atom is -0.356 e. The first-order valence-corrected chi connectivity index (χ1v) is 7.73. The summed E-state index contributed by atoms with van der Waals surface area (Å²) < 4.78 is 0. The van der Waals surface area contributed by atoms with Gasteiger partial charge in [-0.2, -0.15) is 0 Å². The van der Waals surface area contributed by atoms with Crippen LogP contribution in [0.2, 0.25) is 0 Å². The number of carbonyl (C=O) groups excluding carboxylic acids is 2. The van der Waals surface area contributed by atoms with Gasteiger partial charge in [-0.15, -0.1) is 0 Å². The number of aromatic nitrogens is 1. The minimum absolute atomic E-state index is 0.00844. The van der Waals surface area contributed by atoms with Gasteiger partial charge >= 0.3 is 0 Å². The van der Waals surface area contributed by atoms with Gasteiger partial charge in [0.15, 0.2) is 0 Å². The molecule has 0 spiro atoms. The lowest BCUT2D eigenvalue weighted by Crippen LogP contribution is -2.45. The van der Waals surface area contributed by atoms with Gasteiger partial charge in [0.05, 0.1) is 5.56 Å². The lowest BCUT2D eigenvalue weighted by Gasteiger charge is -2.23. The summed E-state index contributed by atoms with van der Waals surface area (Å²) in [6.07, 6.45) is 5.83. The van der Waals surface area contributed by atoms with E-state index in [1.54, 1.807) is 12.3 Å². The summed E-state index contributed by atoms with van der Waals surface area (Å²) >= 11 is 0. The van der Waals surface area contributed by atoms with Crippen molar-refractivity contribution in [1.29, 1.82) is 0 Å². The highest BCUT2D eigenvalue weighted by Gasteiger charge is 2.22. The minimum atomic E-state index is -0.111. The van der Waals surface area contributed by atoms with Crippen molar-refractivity contribution in [2.24, 2.45) is 0 Å². The Morgan fingerprint density at radius 3 is 2.76 bits per heavy atom. The molecule has 0 unspecified atom stereocenters. The van der Waals surface area contributed by atoms with Crippen molar-refractivity contribution in [3.63, 3.8) is 0 Å². The van der Waals surface area contributed by atoms with Crippen LogP contribution in [0.4, 0.5) is 0 Å². The maximum absolute atomic E-state index is 12.2. The summed E-state index contributed by atoms with van der Waals surface area (Å²) in [5.74, 6) is -0.119. The molecule has 1 aromatic heterocycles. The predicted molar refractivity (Wildman–Crippen MR) is 79.3 cm³/mol. The molecule has 6 heteroatoms. The number of hydrogen-bond donors (Lipinski definition) is 3. The topological polar surface area (TPSA) is 77.2 Å². The van der Waals surface area contributed by atoms with Crippen LogP contribution in [0.25, 0.3) is 0 Å². The monoisotopic (exact) mass is 290 g/mol. The lowest BCUT2D eigenvalue weighted by atomic mass is 10.1. The number of hydrogen-bond acceptors (Lipinski definition) is 3. The van der Waals surface area contributed by atoms with E-state index in [1.165, 1.54) is 0 Å². The van der Waals surface area contributed by atoms with Gasteiger partial charge in [0.2, 0.25) is 0 Å². The zero-order chi connectivity index (χ0) is 14.7. The molecule has 3 N–H and O–H groups in total. The van der Waals surface area contributed by atoms with Crippen LogP contribution in [-0.4, -0.2) is 53.9 Å². The average Bonchev–Trinajstić information content (AvgIpc) is 3.19. The molecule has 1 aromatic rings. The first kappa shape index (κ1) is 14.1. The molecule has 2 saturated heterocycles. The van der Waals surface area contributed by atoms with Crippen molar-refractivity contribution in [3.8, 4) is 0 Å². The third kappa shape index (κ3) is 3.26. The molecule has 0 saturated carbocycles. The highest BCUT2D eigenvalue weighted by molar-refractivity contribution is 5.99. The van der Waals surface area contributed by atoms with Crippen molar-refractivity contribution >= 4 is 11.8 Å². The first-order chi connectivity index (χ1) is 10.2. The Bertz CT molecular complexity index is 513. The summed E-state index contributed by atoms with van der Waals surface area (Å²) in [5, 5.41) is 6.28. The number of carbonyl (C=O) groups is 2. The van der Waals surface area contributed by atoms with Crippen LogP contribution in [0.15, 0.2) is 12.3 Å². The largest absolute Gasteiger partial charge is 0.356 e. The van der Waals surface area contributed by atoms with Gasteiger partial charge in [-0.05, 0) is 38.3 Å². The fourth-order valence-electron chi connectivity index (χ4n) is 2.98. The van der Waals surface area contributed by atoms with Crippen LogP contribution in [0, 0.1) is 0 Å². The molecule has 3 heterocycles. The molecular weight excluding hydrogens is 268 g/mol. The Kier molecular flexibility index (Phi) is 4.24. The molecule has 0 aromatic carbocycles. The zero-order valence-electron chi connectivity index (χ0n) is 12.2. The van der Waals surface area contributed by atoms with E-state index in [1.807, 2.05) is 4.90 Å². The molecule has 0 radical (unpaired) electrons. The van der Waals surface area contributed by atoms with Gasteiger partial charge in [-0.1, -0.05) is 0 Å². The Hall–Kier alpha value is -1.82. The standard InChI is InChI=1S/C15H22N4O2/c20-14(18-12-4-3-5-16-10-12)11-8-13(17-9-11)15(21)19-6-1-2-7-19/h8-9,12,16-17H,1-7,10H2,(H,18,20)/t12-/m0/s1. The second-order valence-electron chi connectivity index (χ2n) is 5.82. The van der Waals surface area contributed by atoms with Crippen LogP contribution < -0.4 is 10.6 Å². The zero-order valence-corrected chi connectivity index (χ0v) is 12.2. The normalized spacial score (nSPS) is 22.3. The summed E-state index contributed by atoms with van der Waals surface area (Å²) in [6.45, 7) is 3.46. The number of nitrogens with zero attached hydrogens (tertiary/aromatic N) is 1. The summed E-state index contributed by atoms with van der Waals surface area (Å²) in [5.41, 5.74) is 1.03. The molecule has 6 nitrogen and oxygen atoms in total. The second-order valence-corrected chi connectivity index (χ2v) is 5.82. The van der Waals surface area contributed by atoms with Crippen LogP contribution in [0.5, 0.6) is 0 Å². The van der Waals surface area contributed by atoms with Crippen LogP contribution in [0.1, 0.15) is 46.5 Å². The Morgan fingerprint density at radius 1 is 1.24 bits per heavy atom. The van der Waals surface area contributed by atoms with Crippen molar-refractivity contribution < 1.29 is 9.59 Å². The number of amides is 2. The SMILES string of the molecule is O=C(N[C@H]1CCCNC1)c1c[nH]c(C(=O)N2CCCC2)c1. The summed E-state index contributed by atoms with van der Waals surface area (Å²) in [4.78, 5) is 29.2. The Balaban J connectivity index is 1.60. The van der Waals surface area contributed by atoms with E-state index in [0.717, 1.165) is 51.9 Å². The first-order valence-electron chi connectivity index (χ1n) is 7.73. The molecule has 0 bridgehead atoms. The van der Waals surface area contributed by atoms with E-state index in [4.69, 9.17) is 0 Å². The van der Waals surface area contributed by atoms with Gasteiger partial charge in [0.25, 0.3) is 11.8 Å². The third-order valence-corrected chi connectivity index (χ3v) is 4.20. The smallest absolute Gasteiger partial charge is 0.270 e. The van der Waals surface area contributed by atoms with Gasteiger partial charge < -0.3 is 20.5 Å². The molecule has 2 fully saturated rings. The molecular formula is C15H22N4O2. The van der Waals surface area contributed by atoms with Crippen molar-refractivity contribution in [2.45, 2.75) is 31.7 Å². The number of rotatable bonds is 3. The van der Waals surface area contributed by atoms with Crippen molar-refractivity contribution in [3.05, 3.63) is 23.5 Å². The molecule has 114 valence electrons. The molecule has 2 amide bonds. The molecule has 2 aliphatic rings. The maximum atomic E-state index is 12.2. The Morgan fingerprint density at radius 2 is 2.05 bits per heavy atom. The fourth-order valence-corrected chi connectivity index (χ4v) is 2.98. The Labute approximate surface area is 124 Å². The predicted octanol–water partition coefficient (Wildman–Crippen LogP) is 0.732. The number of nitrogens with one attached hydrogen (secondary N) is 3. The summed E-state index contributed by atoms with van der Waals surface area (Å²) in [7, 11) is 0. The molecule has 1 atom stereocenters. The van der Waals surface area contributed by atoms with E-state index in [0.29, 0.717) is 11.3 Å². The molecule has 3 rings (SSSR count). The van der Waals surface area contributed by atoms with Crippen LogP contribution >= 0.6 is 0 Å². The lowest BCUT2D eigenvalue weighted by molar-refractivity contribution is 0.0787. The number of piperidine rings is 1. The maximum Gasteiger partial charge on any atom is 0.270 e. The van der Waals surface area contributed by atoms with Crippen LogP contribution in [-0.2, 0) is 0 Å². The number of likely N-dealkylation sites (tertiary alicyclic amines) is 1. The van der Waals surface area contributed by atoms with E-state index in [-0.39, 0.29) is 17.9 Å². The van der Waals surface area contributed by atoms with E-state index < -0.39 is 0 Å². The average molecular weight is 290 g/mol. The van der Waals surface area contributed by atoms with Gasteiger partial charge in [-0.25, -0.2) is 0 Å². The second kappa shape index (κ2) is 6.30. The van der Waals surface area contributed by atoms with Gasteiger partial charge in [0.1, 0.15) is 5.69 Å². The molecule has 2 aliphatic heterocycles. The number of H-pyrrole nitrogens is 1. The number of aromatic amines is 1. The highest BCUT2D eigenvalue weighted by Crippen LogP contribution is 2.13. The molecule has 0 aliphatic carbocycles. The van der Waals surface area contributed by atoms with E-state index in [2.05, 4.69) is 15.6 Å². The summed E-state index contributed by atoms with van der Waals surface area (Å²) in [6, 6.07) is 1.84. The molecule has 21 heavy (non-hydrogen) atoms. The third-order valence-electron chi connectivity index (χ3n) is 4.20.